The van der Waals surface area contributed by atoms with E-state index in [1.165, 1.54) is 0 Å². The number of nitrogens with one attached hydrogen (secondary N) is 1. The fraction of sp³-hybridized carbons (Fsp3) is 0.333. The van der Waals surface area contributed by atoms with E-state index in [1.54, 1.807) is 24.3 Å². The first-order valence-corrected chi connectivity index (χ1v) is 9.16. The lowest BCUT2D eigenvalue weighted by molar-refractivity contribution is -0.123. The summed E-state index contributed by atoms with van der Waals surface area (Å²) in [6, 6.07) is 11.8. The minimum Gasteiger partial charge on any atom is -0.490 e. The molecule has 0 bridgehead atoms. The van der Waals surface area contributed by atoms with Gasteiger partial charge in [0.1, 0.15) is 5.75 Å². The standard InChI is InChI=1S/C21H26N2O5/c1-4-26-18-11-10-15(12-19(18)27-5-2)14(3)23-20(24)13-28-17-9-7-6-8-16(17)21(22)25/h6-12,14H,4-5,13H2,1-3H3,(H2,22,25)(H,23,24)/t14-/m1/s1. The second-order valence-electron chi connectivity index (χ2n) is 6.01. The zero-order valence-electron chi connectivity index (χ0n) is 16.4. The Bertz CT molecular complexity index is 822. The molecule has 28 heavy (non-hydrogen) atoms. The molecule has 0 heterocycles. The predicted molar refractivity (Wildman–Crippen MR) is 106 cm³/mol. The lowest BCUT2D eigenvalue weighted by atomic mass is 10.1. The number of hydrogen-bond donors (Lipinski definition) is 2. The van der Waals surface area contributed by atoms with Gasteiger partial charge in [0, 0.05) is 0 Å². The third-order valence-electron chi connectivity index (χ3n) is 3.96. The zero-order valence-corrected chi connectivity index (χ0v) is 16.4. The van der Waals surface area contributed by atoms with Gasteiger partial charge in [-0.05, 0) is 50.6 Å². The van der Waals surface area contributed by atoms with Crippen LogP contribution in [-0.4, -0.2) is 31.6 Å². The number of rotatable bonds is 10. The van der Waals surface area contributed by atoms with Crippen molar-refractivity contribution in [3.63, 3.8) is 0 Å². The largest absolute Gasteiger partial charge is 0.490 e. The maximum Gasteiger partial charge on any atom is 0.258 e. The fourth-order valence-electron chi connectivity index (χ4n) is 2.64. The third-order valence-corrected chi connectivity index (χ3v) is 3.96. The quantitative estimate of drug-likeness (QED) is 0.654. The van der Waals surface area contributed by atoms with Crippen LogP contribution in [-0.2, 0) is 4.79 Å². The van der Waals surface area contributed by atoms with Crippen molar-refractivity contribution in [2.24, 2.45) is 5.73 Å². The van der Waals surface area contributed by atoms with Gasteiger partial charge in [-0.25, -0.2) is 0 Å². The van der Waals surface area contributed by atoms with E-state index in [4.69, 9.17) is 19.9 Å². The van der Waals surface area contributed by atoms with Gasteiger partial charge in [0.25, 0.3) is 11.8 Å². The van der Waals surface area contributed by atoms with E-state index < -0.39 is 5.91 Å². The Hall–Kier alpha value is -3.22. The van der Waals surface area contributed by atoms with Crippen LogP contribution in [0.4, 0.5) is 0 Å². The molecule has 2 amide bonds. The van der Waals surface area contributed by atoms with E-state index in [0.717, 1.165) is 5.56 Å². The van der Waals surface area contributed by atoms with Crippen molar-refractivity contribution in [2.75, 3.05) is 19.8 Å². The minimum atomic E-state index is -0.609. The number of amides is 2. The van der Waals surface area contributed by atoms with Gasteiger partial charge in [-0.1, -0.05) is 18.2 Å². The first-order chi connectivity index (χ1) is 13.5. The molecule has 0 spiro atoms. The first-order valence-electron chi connectivity index (χ1n) is 9.16. The maximum atomic E-state index is 12.3. The van der Waals surface area contributed by atoms with Crippen LogP contribution < -0.4 is 25.3 Å². The van der Waals surface area contributed by atoms with E-state index in [0.29, 0.717) is 24.7 Å². The SMILES string of the molecule is CCOc1ccc([C@@H](C)NC(=O)COc2ccccc2C(N)=O)cc1OCC. The Morgan fingerprint density at radius 1 is 0.964 bits per heavy atom. The topological polar surface area (TPSA) is 99.9 Å². The third kappa shape index (κ3) is 5.64. The van der Waals surface area contributed by atoms with E-state index >= 15 is 0 Å². The van der Waals surface area contributed by atoms with Gasteiger partial charge in [0.15, 0.2) is 18.1 Å². The summed E-state index contributed by atoms with van der Waals surface area (Å²) in [6.07, 6.45) is 0. The second-order valence-corrected chi connectivity index (χ2v) is 6.01. The highest BCUT2D eigenvalue weighted by atomic mass is 16.5. The summed E-state index contributed by atoms with van der Waals surface area (Å²) in [5.41, 5.74) is 6.41. The van der Waals surface area contributed by atoms with Crippen LogP contribution in [0.1, 0.15) is 42.7 Å². The Balaban J connectivity index is 2.00. The molecular formula is C21H26N2O5. The van der Waals surface area contributed by atoms with Crippen LogP contribution in [0.3, 0.4) is 0 Å². The van der Waals surface area contributed by atoms with Crippen LogP contribution >= 0.6 is 0 Å². The molecule has 2 aromatic rings. The minimum absolute atomic E-state index is 0.232. The number of carbonyl (C=O) groups excluding carboxylic acids is 2. The zero-order chi connectivity index (χ0) is 20.5. The lowest BCUT2D eigenvalue weighted by Gasteiger charge is -2.18. The number of benzene rings is 2. The van der Waals surface area contributed by atoms with Crippen LogP contribution in [0.25, 0.3) is 0 Å². The highest BCUT2D eigenvalue weighted by Crippen LogP contribution is 2.30. The molecule has 7 heteroatoms. The molecule has 0 saturated heterocycles. The van der Waals surface area contributed by atoms with Crippen molar-refractivity contribution in [1.82, 2.24) is 5.32 Å². The van der Waals surface area contributed by atoms with Gasteiger partial charge in [-0.15, -0.1) is 0 Å². The molecule has 2 rings (SSSR count). The molecule has 0 aliphatic carbocycles. The van der Waals surface area contributed by atoms with E-state index in [-0.39, 0.29) is 29.9 Å². The van der Waals surface area contributed by atoms with E-state index in [1.807, 2.05) is 39.0 Å². The summed E-state index contributed by atoms with van der Waals surface area (Å²) < 4.78 is 16.6. The molecule has 0 saturated carbocycles. The molecule has 7 nitrogen and oxygen atoms in total. The van der Waals surface area contributed by atoms with E-state index in [2.05, 4.69) is 5.32 Å². The number of nitrogens with two attached hydrogens (primary N) is 1. The summed E-state index contributed by atoms with van der Waals surface area (Å²) in [5, 5.41) is 2.86. The van der Waals surface area contributed by atoms with Gasteiger partial charge < -0.3 is 25.3 Å². The van der Waals surface area contributed by atoms with Crippen molar-refractivity contribution < 1.29 is 23.8 Å². The monoisotopic (exact) mass is 386 g/mol. The number of para-hydroxylation sites is 1. The number of hydrogen-bond acceptors (Lipinski definition) is 5. The molecule has 0 aliphatic heterocycles. The molecule has 2 aromatic carbocycles. The summed E-state index contributed by atoms with van der Waals surface area (Å²) >= 11 is 0. The smallest absolute Gasteiger partial charge is 0.258 e. The highest BCUT2D eigenvalue weighted by molar-refractivity contribution is 5.95. The van der Waals surface area contributed by atoms with Gasteiger partial charge in [0.2, 0.25) is 0 Å². The molecular weight excluding hydrogens is 360 g/mol. The van der Waals surface area contributed by atoms with Crippen LogP contribution in [0.15, 0.2) is 42.5 Å². The molecule has 150 valence electrons. The molecule has 0 radical (unpaired) electrons. The number of ether oxygens (including phenoxy) is 3. The lowest BCUT2D eigenvalue weighted by Crippen LogP contribution is -2.31. The average molecular weight is 386 g/mol. The molecule has 0 aliphatic rings. The maximum absolute atomic E-state index is 12.3. The predicted octanol–water partition coefficient (Wildman–Crippen LogP) is 2.84. The summed E-state index contributed by atoms with van der Waals surface area (Å²) in [7, 11) is 0. The average Bonchev–Trinajstić information content (AvgIpc) is 2.68. The normalized spacial score (nSPS) is 11.4. The summed E-state index contributed by atoms with van der Waals surface area (Å²) in [4.78, 5) is 23.7. The van der Waals surface area contributed by atoms with Crippen molar-refractivity contribution in [1.29, 1.82) is 0 Å². The van der Waals surface area contributed by atoms with Gasteiger partial charge in [-0.3, -0.25) is 9.59 Å². The van der Waals surface area contributed by atoms with Crippen molar-refractivity contribution in [2.45, 2.75) is 26.8 Å². The Morgan fingerprint density at radius 2 is 1.64 bits per heavy atom. The molecule has 3 N–H and O–H groups in total. The Labute approximate surface area is 164 Å². The fourth-order valence-corrected chi connectivity index (χ4v) is 2.64. The molecule has 0 unspecified atom stereocenters. The summed E-state index contributed by atoms with van der Waals surface area (Å²) in [5.74, 6) is 0.644. The van der Waals surface area contributed by atoms with Crippen LogP contribution in [0.5, 0.6) is 17.2 Å². The number of carbonyl (C=O) groups is 2. The van der Waals surface area contributed by atoms with Crippen LogP contribution in [0.2, 0.25) is 0 Å². The molecule has 0 fully saturated rings. The van der Waals surface area contributed by atoms with Crippen molar-refractivity contribution in [3.8, 4) is 17.2 Å². The van der Waals surface area contributed by atoms with Crippen LogP contribution in [0, 0.1) is 0 Å². The van der Waals surface area contributed by atoms with Gasteiger partial charge in [-0.2, -0.15) is 0 Å². The Morgan fingerprint density at radius 3 is 2.32 bits per heavy atom. The second kappa shape index (κ2) is 10.2. The molecule has 1 atom stereocenters. The highest BCUT2D eigenvalue weighted by Gasteiger charge is 2.15. The van der Waals surface area contributed by atoms with Gasteiger partial charge in [0.05, 0.1) is 24.8 Å². The number of primary amides is 1. The van der Waals surface area contributed by atoms with E-state index in [9.17, 15) is 9.59 Å². The van der Waals surface area contributed by atoms with Crippen molar-refractivity contribution in [3.05, 3.63) is 53.6 Å². The first kappa shape index (κ1) is 21.1. The molecule has 0 aromatic heterocycles. The Kier molecular flexibility index (Phi) is 7.68. The van der Waals surface area contributed by atoms with Crippen molar-refractivity contribution >= 4 is 11.8 Å². The summed E-state index contributed by atoms with van der Waals surface area (Å²) in [6.45, 7) is 6.48. The van der Waals surface area contributed by atoms with Gasteiger partial charge >= 0.3 is 0 Å².